The zero-order valence-corrected chi connectivity index (χ0v) is 5.53. The molecule has 1 rings (SSSR count). The first-order valence-corrected chi connectivity index (χ1v) is 2.72. The van der Waals surface area contributed by atoms with Crippen molar-refractivity contribution in [3.05, 3.63) is 0 Å². The van der Waals surface area contributed by atoms with E-state index < -0.39 is 0 Å². The van der Waals surface area contributed by atoms with Crippen molar-refractivity contribution in [2.45, 2.75) is 18.9 Å². The van der Waals surface area contributed by atoms with E-state index >= 15 is 0 Å². The van der Waals surface area contributed by atoms with Gasteiger partial charge in [-0.25, -0.2) is 0 Å². The summed E-state index contributed by atoms with van der Waals surface area (Å²) in [5.41, 5.74) is 5.26. The predicted octanol–water partition coefficient (Wildman–Crippen LogP) is 0.138. The van der Waals surface area contributed by atoms with Gasteiger partial charge < -0.3 is 10.8 Å². The van der Waals surface area contributed by atoms with Crippen molar-refractivity contribution < 1.29 is 5.11 Å². The lowest BCUT2D eigenvalue weighted by Crippen LogP contribution is -2.36. The van der Waals surface area contributed by atoms with Crippen molar-refractivity contribution in [2.24, 2.45) is 11.7 Å². The van der Waals surface area contributed by atoms with Gasteiger partial charge in [0, 0.05) is 0 Å². The van der Waals surface area contributed by atoms with Crippen molar-refractivity contribution in [1.82, 2.24) is 0 Å². The quantitative estimate of drug-likeness (QED) is 0.540. The lowest BCUT2D eigenvalue weighted by molar-refractivity contribution is 0.0292. The van der Waals surface area contributed by atoms with Crippen molar-refractivity contribution in [2.75, 3.05) is 6.54 Å². The van der Waals surface area contributed by atoms with Crippen LogP contribution in [0.25, 0.3) is 0 Å². The number of halogens is 1. The molecule has 3 heteroatoms. The Morgan fingerprint density at radius 2 is 2.12 bits per heavy atom. The van der Waals surface area contributed by atoms with Crippen LogP contribution in [-0.4, -0.2) is 17.8 Å². The summed E-state index contributed by atoms with van der Waals surface area (Å²) in [5.74, 6) is 0.417. The molecule has 1 aliphatic carbocycles. The van der Waals surface area contributed by atoms with Crippen molar-refractivity contribution >= 4 is 12.4 Å². The zero-order valence-electron chi connectivity index (χ0n) is 4.71. The molecule has 0 radical (unpaired) electrons. The van der Waals surface area contributed by atoms with Gasteiger partial charge in [-0.2, -0.15) is 0 Å². The van der Waals surface area contributed by atoms with E-state index in [1.165, 1.54) is 0 Å². The predicted molar refractivity (Wildman–Crippen MR) is 35.0 cm³/mol. The third kappa shape index (κ3) is 1.34. The minimum atomic E-state index is -0.0787. The summed E-state index contributed by atoms with van der Waals surface area (Å²) in [7, 11) is 0. The molecule has 0 heterocycles. The fraction of sp³-hybridized carbons (Fsp3) is 1.00. The smallest absolute Gasteiger partial charge is 0.0580 e. The molecule has 0 saturated heterocycles. The van der Waals surface area contributed by atoms with Gasteiger partial charge in [0.2, 0.25) is 0 Å². The van der Waals surface area contributed by atoms with Gasteiger partial charge in [-0.3, -0.25) is 0 Å². The van der Waals surface area contributed by atoms with Gasteiger partial charge in [0.05, 0.1) is 6.10 Å². The molecule has 0 aromatic rings. The van der Waals surface area contributed by atoms with Gasteiger partial charge in [-0.1, -0.05) is 0 Å². The Morgan fingerprint density at radius 1 is 1.50 bits per heavy atom. The molecule has 0 aromatic heterocycles. The second-order valence-corrected chi connectivity index (χ2v) is 2.14. The zero-order chi connectivity index (χ0) is 5.28. The Balaban J connectivity index is 0.000000490. The van der Waals surface area contributed by atoms with E-state index in [0.717, 1.165) is 12.8 Å². The van der Waals surface area contributed by atoms with Crippen LogP contribution in [0.5, 0.6) is 0 Å². The van der Waals surface area contributed by atoms with Crippen LogP contribution < -0.4 is 5.73 Å². The molecule has 1 fully saturated rings. The summed E-state index contributed by atoms with van der Waals surface area (Å²) >= 11 is 0. The number of nitrogens with two attached hydrogens (primary N) is 1. The lowest BCUT2D eigenvalue weighted by atomic mass is 9.82. The SMILES string of the molecule is Cl.NC[C@H]1CC[C@@H]1O. The molecule has 1 saturated carbocycles. The molecule has 0 aliphatic heterocycles. The van der Waals surface area contributed by atoms with Crippen LogP contribution in [0, 0.1) is 5.92 Å². The van der Waals surface area contributed by atoms with Crippen molar-refractivity contribution in [3.63, 3.8) is 0 Å². The normalized spacial score (nSPS) is 35.2. The Kier molecular flexibility index (Phi) is 3.36. The summed E-state index contributed by atoms with van der Waals surface area (Å²) in [5, 5.41) is 8.83. The number of hydrogen-bond acceptors (Lipinski definition) is 2. The van der Waals surface area contributed by atoms with Crippen molar-refractivity contribution in [3.8, 4) is 0 Å². The van der Waals surface area contributed by atoms with E-state index in [2.05, 4.69) is 0 Å². The summed E-state index contributed by atoms with van der Waals surface area (Å²) in [6.45, 7) is 0.654. The molecule has 0 bridgehead atoms. The largest absolute Gasteiger partial charge is 0.393 e. The fourth-order valence-electron chi connectivity index (χ4n) is 0.826. The molecule has 0 spiro atoms. The summed E-state index contributed by atoms with van der Waals surface area (Å²) in [6, 6.07) is 0. The molecular formula is C5H12ClNO. The van der Waals surface area contributed by atoms with Gasteiger partial charge in [0.15, 0.2) is 0 Å². The average molecular weight is 138 g/mol. The van der Waals surface area contributed by atoms with Crippen LogP contribution in [0.1, 0.15) is 12.8 Å². The molecule has 0 aromatic carbocycles. The van der Waals surface area contributed by atoms with E-state index in [0.29, 0.717) is 12.5 Å². The molecule has 2 nitrogen and oxygen atoms in total. The summed E-state index contributed by atoms with van der Waals surface area (Å²) in [4.78, 5) is 0. The fourth-order valence-corrected chi connectivity index (χ4v) is 0.826. The highest BCUT2D eigenvalue weighted by Crippen LogP contribution is 2.25. The first-order chi connectivity index (χ1) is 3.34. The maximum Gasteiger partial charge on any atom is 0.0580 e. The van der Waals surface area contributed by atoms with E-state index in [4.69, 9.17) is 10.8 Å². The van der Waals surface area contributed by atoms with Gasteiger partial charge in [-0.15, -0.1) is 12.4 Å². The lowest BCUT2D eigenvalue weighted by Gasteiger charge is -2.30. The van der Waals surface area contributed by atoms with Gasteiger partial charge in [-0.05, 0) is 25.3 Å². The monoisotopic (exact) mass is 137 g/mol. The molecule has 3 N–H and O–H groups in total. The minimum absolute atomic E-state index is 0. The highest BCUT2D eigenvalue weighted by atomic mass is 35.5. The third-order valence-electron chi connectivity index (χ3n) is 1.68. The van der Waals surface area contributed by atoms with E-state index in [9.17, 15) is 0 Å². The Labute approximate surface area is 55.5 Å². The van der Waals surface area contributed by atoms with Crippen LogP contribution in [0.2, 0.25) is 0 Å². The standard InChI is InChI=1S/C5H11NO.ClH/c6-3-4-1-2-5(4)7;/h4-5,7H,1-3,6H2;1H/t4-,5+;/m1./s1. The minimum Gasteiger partial charge on any atom is -0.393 e. The molecule has 2 atom stereocenters. The second-order valence-electron chi connectivity index (χ2n) is 2.14. The van der Waals surface area contributed by atoms with Crippen LogP contribution in [0.4, 0.5) is 0 Å². The highest BCUT2D eigenvalue weighted by Gasteiger charge is 2.26. The number of aliphatic hydroxyl groups excluding tert-OH is 1. The summed E-state index contributed by atoms with van der Waals surface area (Å²) < 4.78 is 0. The maximum absolute atomic E-state index is 8.83. The molecular weight excluding hydrogens is 126 g/mol. The summed E-state index contributed by atoms with van der Waals surface area (Å²) in [6.07, 6.45) is 2.00. The number of aliphatic hydroxyl groups is 1. The second kappa shape index (κ2) is 3.28. The Hall–Kier alpha value is 0.210. The van der Waals surface area contributed by atoms with E-state index in [1.54, 1.807) is 0 Å². The Bertz CT molecular complexity index is 67.4. The third-order valence-corrected chi connectivity index (χ3v) is 1.68. The van der Waals surface area contributed by atoms with Crippen LogP contribution in [-0.2, 0) is 0 Å². The highest BCUT2D eigenvalue weighted by molar-refractivity contribution is 5.85. The number of hydrogen-bond donors (Lipinski definition) is 2. The topological polar surface area (TPSA) is 46.2 Å². The first-order valence-electron chi connectivity index (χ1n) is 2.72. The Morgan fingerprint density at radius 3 is 2.12 bits per heavy atom. The first kappa shape index (κ1) is 8.21. The van der Waals surface area contributed by atoms with Crippen LogP contribution >= 0.6 is 12.4 Å². The van der Waals surface area contributed by atoms with Gasteiger partial charge in [0.1, 0.15) is 0 Å². The number of rotatable bonds is 1. The molecule has 1 aliphatic rings. The van der Waals surface area contributed by atoms with Crippen LogP contribution in [0.15, 0.2) is 0 Å². The van der Waals surface area contributed by atoms with Gasteiger partial charge in [0.25, 0.3) is 0 Å². The molecule has 0 unspecified atom stereocenters. The maximum atomic E-state index is 8.83. The molecule has 8 heavy (non-hydrogen) atoms. The molecule has 0 amide bonds. The average Bonchev–Trinajstić information content (AvgIpc) is 1.65. The molecule has 50 valence electrons. The van der Waals surface area contributed by atoms with Gasteiger partial charge >= 0.3 is 0 Å². The van der Waals surface area contributed by atoms with Crippen molar-refractivity contribution in [1.29, 1.82) is 0 Å². The van der Waals surface area contributed by atoms with Crippen LogP contribution in [0.3, 0.4) is 0 Å². The van der Waals surface area contributed by atoms with E-state index in [-0.39, 0.29) is 18.5 Å². The van der Waals surface area contributed by atoms with E-state index in [1.807, 2.05) is 0 Å².